The third kappa shape index (κ3) is 2.95. The fourth-order valence-corrected chi connectivity index (χ4v) is 2.73. The number of pyridine rings is 2. The summed E-state index contributed by atoms with van der Waals surface area (Å²) >= 11 is 6.57. The monoisotopic (exact) mass is 357 g/mol. The van der Waals surface area contributed by atoms with Crippen molar-refractivity contribution in [1.29, 1.82) is 0 Å². The maximum Gasteiger partial charge on any atom is 0.265 e. The molecule has 0 aromatic carbocycles. The van der Waals surface area contributed by atoms with Gasteiger partial charge in [-0.1, -0.05) is 0 Å². The lowest BCUT2D eigenvalue weighted by Crippen LogP contribution is -2.20. The first-order valence-corrected chi connectivity index (χ1v) is 6.41. The van der Waals surface area contributed by atoms with E-state index in [1.165, 1.54) is 0 Å². The molecule has 2 N–H and O–H groups in total. The van der Waals surface area contributed by atoms with E-state index < -0.39 is 0 Å². The molecule has 0 spiro atoms. The average molecular weight is 359 g/mol. The standard InChI is InChI=1S/C11H9Br2N3O/c12-8-4-9(13)11(17)16(6-8)5-7-1-2-15-10(14)3-7/h1-4,6H,5H2,(H2,14,15). The first-order valence-electron chi connectivity index (χ1n) is 4.82. The zero-order chi connectivity index (χ0) is 12.4. The second-order valence-corrected chi connectivity index (χ2v) is 5.30. The summed E-state index contributed by atoms with van der Waals surface area (Å²) in [5.41, 5.74) is 6.45. The lowest BCUT2D eigenvalue weighted by atomic mass is 10.2. The topological polar surface area (TPSA) is 60.9 Å². The van der Waals surface area contributed by atoms with Crippen LogP contribution in [0.4, 0.5) is 5.82 Å². The van der Waals surface area contributed by atoms with Crippen molar-refractivity contribution in [2.75, 3.05) is 5.73 Å². The van der Waals surface area contributed by atoms with Gasteiger partial charge in [0.25, 0.3) is 5.56 Å². The van der Waals surface area contributed by atoms with Gasteiger partial charge in [-0.25, -0.2) is 4.98 Å². The normalized spacial score (nSPS) is 10.5. The molecule has 0 saturated carbocycles. The van der Waals surface area contributed by atoms with Crippen LogP contribution in [0.25, 0.3) is 0 Å². The molecule has 2 aromatic heterocycles. The van der Waals surface area contributed by atoms with E-state index in [9.17, 15) is 4.79 Å². The van der Waals surface area contributed by atoms with Gasteiger partial charge in [0.2, 0.25) is 0 Å². The lowest BCUT2D eigenvalue weighted by Gasteiger charge is -2.07. The number of nitrogens with zero attached hydrogens (tertiary/aromatic N) is 2. The Balaban J connectivity index is 2.40. The van der Waals surface area contributed by atoms with Crippen molar-refractivity contribution in [3.05, 3.63) is 55.5 Å². The number of aromatic nitrogens is 2. The molecule has 0 aliphatic rings. The molecule has 2 rings (SSSR count). The van der Waals surface area contributed by atoms with Gasteiger partial charge in [-0.15, -0.1) is 0 Å². The molecule has 88 valence electrons. The fraction of sp³-hybridized carbons (Fsp3) is 0.0909. The second kappa shape index (κ2) is 5.01. The van der Waals surface area contributed by atoms with E-state index in [4.69, 9.17) is 5.73 Å². The van der Waals surface area contributed by atoms with E-state index in [-0.39, 0.29) is 5.56 Å². The molecule has 0 aliphatic carbocycles. The van der Waals surface area contributed by atoms with Crippen molar-refractivity contribution in [2.24, 2.45) is 0 Å². The van der Waals surface area contributed by atoms with Crippen LogP contribution >= 0.6 is 31.9 Å². The highest BCUT2D eigenvalue weighted by Crippen LogP contribution is 2.14. The minimum Gasteiger partial charge on any atom is -0.384 e. The molecule has 0 aliphatic heterocycles. The van der Waals surface area contributed by atoms with E-state index in [2.05, 4.69) is 36.8 Å². The smallest absolute Gasteiger partial charge is 0.265 e. The van der Waals surface area contributed by atoms with Crippen molar-refractivity contribution in [2.45, 2.75) is 6.54 Å². The summed E-state index contributed by atoms with van der Waals surface area (Å²) in [5.74, 6) is 0.449. The molecule has 0 fully saturated rings. The highest BCUT2D eigenvalue weighted by molar-refractivity contribution is 9.11. The number of anilines is 1. The van der Waals surface area contributed by atoms with Gasteiger partial charge in [-0.3, -0.25) is 4.79 Å². The van der Waals surface area contributed by atoms with E-state index in [0.717, 1.165) is 10.0 Å². The fourth-order valence-electron chi connectivity index (χ4n) is 1.47. The number of halogens is 2. The molecule has 0 atom stereocenters. The van der Waals surface area contributed by atoms with Crippen LogP contribution in [-0.2, 0) is 6.54 Å². The Kier molecular flexibility index (Phi) is 3.63. The molecule has 2 aromatic rings. The lowest BCUT2D eigenvalue weighted by molar-refractivity contribution is 0.751. The molecule has 0 radical (unpaired) electrons. The van der Waals surface area contributed by atoms with Gasteiger partial charge in [0.15, 0.2) is 0 Å². The first-order chi connectivity index (χ1) is 8.06. The van der Waals surface area contributed by atoms with Gasteiger partial charge in [-0.2, -0.15) is 0 Å². The van der Waals surface area contributed by atoms with E-state index >= 15 is 0 Å². The van der Waals surface area contributed by atoms with Crippen LogP contribution in [0.5, 0.6) is 0 Å². The first kappa shape index (κ1) is 12.3. The maximum atomic E-state index is 11.9. The van der Waals surface area contributed by atoms with Gasteiger partial charge < -0.3 is 10.3 Å². The van der Waals surface area contributed by atoms with Gasteiger partial charge in [0.1, 0.15) is 5.82 Å². The Morgan fingerprint density at radius 1 is 1.35 bits per heavy atom. The predicted molar refractivity (Wildman–Crippen MR) is 73.9 cm³/mol. The molecular formula is C11H9Br2N3O. The summed E-state index contributed by atoms with van der Waals surface area (Å²) in [6, 6.07) is 5.30. The largest absolute Gasteiger partial charge is 0.384 e. The summed E-state index contributed by atoms with van der Waals surface area (Å²) in [6.07, 6.45) is 3.37. The molecule has 4 nitrogen and oxygen atoms in total. The molecule has 0 unspecified atom stereocenters. The summed E-state index contributed by atoms with van der Waals surface area (Å²) in [5, 5.41) is 0. The molecule has 0 bridgehead atoms. The number of hydrogen-bond donors (Lipinski definition) is 1. The second-order valence-electron chi connectivity index (χ2n) is 3.53. The maximum absolute atomic E-state index is 11.9. The minimum atomic E-state index is -0.0800. The zero-order valence-corrected chi connectivity index (χ0v) is 11.9. The molecule has 0 amide bonds. The van der Waals surface area contributed by atoms with Crippen molar-refractivity contribution in [3.63, 3.8) is 0 Å². The number of hydrogen-bond acceptors (Lipinski definition) is 3. The number of nitrogen functional groups attached to an aromatic ring is 1. The van der Waals surface area contributed by atoms with Crippen LogP contribution in [0.1, 0.15) is 5.56 Å². The Bertz CT molecular complexity index is 610. The minimum absolute atomic E-state index is 0.0800. The zero-order valence-electron chi connectivity index (χ0n) is 8.73. The number of nitrogens with two attached hydrogens (primary N) is 1. The Morgan fingerprint density at radius 2 is 2.12 bits per heavy atom. The SMILES string of the molecule is Nc1cc(Cn2cc(Br)cc(Br)c2=O)ccn1. The van der Waals surface area contributed by atoms with Crippen LogP contribution in [0.2, 0.25) is 0 Å². The highest BCUT2D eigenvalue weighted by Gasteiger charge is 2.04. The third-order valence-electron chi connectivity index (χ3n) is 2.21. The van der Waals surface area contributed by atoms with Gasteiger partial charge >= 0.3 is 0 Å². The Labute approximate surface area is 115 Å². The molecule has 0 saturated heterocycles. The molecular weight excluding hydrogens is 350 g/mol. The Morgan fingerprint density at radius 3 is 2.82 bits per heavy atom. The molecule has 6 heteroatoms. The van der Waals surface area contributed by atoms with Gasteiger partial charge in [0.05, 0.1) is 11.0 Å². The Hall–Kier alpha value is -1.14. The van der Waals surface area contributed by atoms with E-state index in [1.807, 2.05) is 6.07 Å². The van der Waals surface area contributed by atoms with Crippen LogP contribution in [0.15, 0.2) is 44.3 Å². The highest BCUT2D eigenvalue weighted by atomic mass is 79.9. The summed E-state index contributed by atoms with van der Waals surface area (Å²) < 4.78 is 2.96. The van der Waals surface area contributed by atoms with Crippen LogP contribution in [-0.4, -0.2) is 9.55 Å². The third-order valence-corrected chi connectivity index (χ3v) is 3.21. The molecule has 17 heavy (non-hydrogen) atoms. The van der Waals surface area contributed by atoms with E-state index in [1.54, 1.807) is 29.1 Å². The summed E-state index contributed by atoms with van der Waals surface area (Å²) in [6.45, 7) is 0.462. The number of rotatable bonds is 2. The van der Waals surface area contributed by atoms with Crippen molar-refractivity contribution in [3.8, 4) is 0 Å². The van der Waals surface area contributed by atoms with Crippen molar-refractivity contribution >= 4 is 37.7 Å². The quantitative estimate of drug-likeness (QED) is 0.896. The predicted octanol–water partition coefficient (Wildman–Crippen LogP) is 2.40. The average Bonchev–Trinajstić information content (AvgIpc) is 2.25. The summed E-state index contributed by atoms with van der Waals surface area (Å²) in [4.78, 5) is 15.8. The van der Waals surface area contributed by atoms with Crippen molar-refractivity contribution in [1.82, 2.24) is 9.55 Å². The molecule has 2 heterocycles. The van der Waals surface area contributed by atoms with Crippen LogP contribution < -0.4 is 11.3 Å². The van der Waals surface area contributed by atoms with Gasteiger partial charge in [-0.05, 0) is 55.6 Å². The van der Waals surface area contributed by atoms with E-state index in [0.29, 0.717) is 16.8 Å². The van der Waals surface area contributed by atoms with Crippen molar-refractivity contribution < 1.29 is 0 Å². The van der Waals surface area contributed by atoms with Gasteiger partial charge in [0, 0.05) is 16.9 Å². The van der Waals surface area contributed by atoms with Crippen LogP contribution in [0.3, 0.4) is 0 Å². The van der Waals surface area contributed by atoms with Crippen LogP contribution in [0, 0.1) is 0 Å². The summed E-state index contributed by atoms with van der Waals surface area (Å²) in [7, 11) is 0.